The van der Waals surface area contributed by atoms with Gasteiger partial charge in [0.05, 0.1) is 28.4 Å². The van der Waals surface area contributed by atoms with E-state index in [0.717, 1.165) is 27.8 Å². The van der Waals surface area contributed by atoms with Crippen LogP contribution in [0.1, 0.15) is 41.6 Å². The van der Waals surface area contributed by atoms with E-state index in [4.69, 9.17) is 19.2 Å². The second-order valence-electron chi connectivity index (χ2n) is 9.87. The summed E-state index contributed by atoms with van der Waals surface area (Å²) in [5.74, 6) is -0.111. The SMILES string of the molecule is CCCOc1ccc(C2/C(=C(/O)c3ccc4c(c3)OCCO4)C(=O)C(=O)N2c2nc3c(C)cc(C)cc3s2)cc1. The van der Waals surface area contributed by atoms with E-state index in [1.165, 1.54) is 16.2 Å². The predicted molar refractivity (Wildman–Crippen MR) is 154 cm³/mol. The monoisotopic (exact) mass is 556 g/mol. The molecule has 3 heterocycles. The summed E-state index contributed by atoms with van der Waals surface area (Å²) in [6.07, 6.45) is 0.869. The zero-order valence-corrected chi connectivity index (χ0v) is 23.2. The van der Waals surface area contributed by atoms with E-state index < -0.39 is 17.7 Å². The van der Waals surface area contributed by atoms with Crippen molar-refractivity contribution in [2.24, 2.45) is 0 Å². The average Bonchev–Trinajstić information content (AvgIpc) is 3.49. The number of aliphatic hydroxyl groups excluding tert-OH is 1. The van der Waals surface area contributed by atoms with E-state index in [9.17, 15) is 14.7 Å². The minimum absolute atomic E-state index is 0.0175. The summed E-state index contributed by atoms with van der Waals surface area (Å²) >= 11 is 1.35. The molecule has 8 nitrogen and oxygen atoms in total. The lowest BCUT2D eigenvalue weighted by Crippen LogP contribution is -2.29. The number of rotatable bonds is 6. The number of ketones is 1. The van der Waals surface area contributed by atoms with Crippen molar-refractivity contribution in [1.82, 2.24) is 4.98 Å². The van der Waals surface area contributed by atoms with Crippen molar-refractivity contribution >= 4 is 44.1 Å². The van der Waals surface area contributed by atoms with Crippen molar-refractivity contribution in [2.75, 3.05) is 24.7 Å². The van der Waals surface area contributed by atoms with Crippen LogP contribution in [0.4, 0.5) is 5.13 Å². The number of benzene rings is 3. The maximum Gasteiger partial charge on any atom is 0.301 e. The molecule has 1 atom stereocenters. The number of amides is 1. The zero-order valence-electron chi connectivity index (χ0n) is 22.4. The Kier molecular flexibility index (Phi) is 6.67. The lowest BCUT2D eigenvalue weighted by molar-refractivity contribution is -0.132. The third kappa shape index (κ3) is 4.46. The van der Waals surface area contributed by atoms with E-state index in [2.05, 4.69) is 0 Å². The molecule has 4 aromatic rings. The number of hydrogen-bond acceptors (Lipinski definition) is 8. The normalized spacial score (nSPS) is 18.0. The first kappa shape index (κ1) is 25.9. The van der Waals surface area contributed by atoms with Gasteiger partial charge in [0.2, 0.25) is 0 Å². The molecule has 1 fully saturated rings. The molecule has 0 bridgehead atoms. The molecule has 0 saturated carbocycles. The first-order valence-corrected chi connectivity index (χ1v) is 14.0. The summed E-state index contributed by atoms with van der Waals surface area (Å²) in [4.78, 5) is 33.4. The fourth-order valence-electron chi connectivity index (χ4n) is 5.12. The molecule has 1 saturated heterocycles. The van der Waals surface area contributed by atoms with Crippen molar-refractivity contribution in [2.45, 2.75) is 33.2 Å². The van der Waals surface area contributed by atoms with E-state index >= 15 is 0 Å². The molecule has 9 heteroatoms. The number of ether oxygens (including phenoxy) is 3. The predicted octanol–water partition coefficient (Wildman–Crippen LogP) is 6.10. The van der Waals surface area contributed by atoms with Gasteiger partial charge in [0.25, 0.3) is 5.78 Å². The Bertz CT molecular complexity index is 1670. The van der Waals surface area contributed by atoms with Crippen molar-refractivity contribution in [3.8, 4) is 17.2 Å². The number of aliphatic hydroxyl groups is 1. The molecule has 6 rings (SSSR count). The van der Waals surface area contributed by atoms with Crippen LogP contribution in [0.2, 0.25) is 0 Å². The summed E-state index contributed by atoms with van der Waals surface area (Å²) in [7, 11) is 0. The van der Waals surface area contributed by atoms with Gasteiger partial charge in [-0.2, -0.15) is 0 Å². The summed E-state index contributed by atoms with van der Waals surface area (Å²) in [5, 5.41) is 11.9. The molecular weight excluding hydrogens is 528 g/mol. The van der Waals surface area contributed by atoms with Gasteiger partial charge in [0.15, 0.2) is 16.6 Å². The van der Waals surface area contributed by atoms with Crippen LogP contribution < -0.4 is 19.1 Å². The number of anilines is 1. The van der Waals surface area contributed by atoms with Crippen LogP contribution in [0, 0.1) is 13.8 Å². The topological polar surface area (TPSA) is 98.2 Å². The highest BCUT2D eigenvalue weighted by atomic mass is 32.1. The summed E-state index contributed by atoms with van der Waals surface area (Å²) in [6.45, 7) is 7.40. The standard InChI is InChI=1S/C31H28N2O6S/c1-4-11-37-21-8-5-19(6-9-21)27-25(28(34)20-7-10-22-23(16-20)39-13-12-38-22)29(35)30(36)33(27)31-32-26-18(3)14-17(2)15-24(26)40-31/h5-10,14-16,27,34H,4,11-13H2,1-3H3/b28-25-. The minimum Gasteiger partial charge on any atom is -0.507 e. The highest BCUT2D eigenvalue weighted by Crippen LogP contribution is 2.45. The van der Waals surface area contributed by atoms with Crippen molar-refractivity contribution in [1.29, 1.82) is 0 Å². The van der Waals surface area contributed by atoms with Gasteiger partial charge < -0.3 is 19.3 Å². The maximum atomic E-state index is 13.6. The number of aromatic nitrogens is 1. The number of carbonyl (C=O) groups excluding carboxylic acids is 2. The largest absolute Gasteiger partial charge is 0.507 e. The summed E-state index contributed by atoms with van der Waals surface area (Å²) in [6, 6.07) is 15.4. The molecule has 0 radical (unpaired) electrons. The van der Waals surface area contributed by atoms with Gasteiger partial charge in [-0.15, -0.1) is 0 Å². The number of aryl methyl sites for hydroxylation is 2. The lowest BCUT2D eigenvalue weighted by Gasteiger charge is -2.23. The average molecular weight is 557 g/mol. The van der Waals surface area contributed by atoms with E-state index in [1.807, 2.05) is 45.0 Å². The van der Waals surface area contributed by atoms with Crippen LogP contribution in [-0.2, 0) is 9.59 Å². The molecule has 0 aliphatic carbocycles. The second kappa shape index (κ2) is 10.3. The van der Waals surface area contributed by atoms with Gasteiger partial charge in [0.1, 0.15) is 24.7 Å². The van der Waals surface area contributed by atoms with Gasteiger partial charge in [0, 0.05) is 5.56 Å². The quantitative estimate of drug-likeness (QED) is 0.174. The number of fused-ring (bicyclic) bond motifs is 2. The van der Waals surface area contributed by atoms with Crippen LogP contribution in [0.25, 0.3) is 16.0 Å². The van der Waals surface area contributed by atoms with Gasteiger partial charge in [-0.1, -0.05) is 36.5 Å². The van der Waals surface area contributed by atoms with Gasteiger partial charge in [-0.25, -0.2) is 4.98 Å². The number of carbonyl (C=O) groups is 2. The molecule has 204 valence electrons. The Labute approximate surface area is 235 Å². The van der Waals surface area contributed by atoms with Crippen molar-refractivity contribution in [3.05, 3.63) is 82.4 Å². The molecular formula is C31H28N2O6S. The summed E-state index contributed by atoms with van der Waals surface area (Å²) in [5.41, 5.74) is 3.83. The van der Waals surface area contributed by atoms with E-state index in [-0.39, 0.29) is 11.3 Å². The second-order valence-corrected chi connectivity index (χ2v) is 10.9. The summed E-state index contributed by atoms with van der Waals surface area (Å²) < 4.78 is 17.9. The molecule has 2 aliphatic rings. The maximum absolute atomic E-state index is 13.6. The fourth-order valence-corrected chi connectivity index (χ4v) is 6.29. The molecule has 1 aromatic heterocycles. The molecule has 40 heavy (non-hydrogen) atoms. The molecule has 2 aliphatic heterocycles. The van der Waals surface area contributed by atoms with Gasteiger partial charge >= 0.3 is 5.91 Å². The van der Waals surface area contributed by atoms with Crippen LogP contribution in [0.5, 0.6) is 17.2 Å². The highest BCUT2D eigenvalue weighted by Gasteiger charge is 2.48. The number of hydrogen-bond donors (Lipinski definition) is 1. The minimum atomic E-state index is -0.893. The Balaban J connectivity index is 1.51. The lowest BCUT2D eigenvalue weighted by atomic mass is 9.95. The molecule has 1 amide bonds. The van der Waals surface area contributed by atoms with Gasteiger partial charge in [-0.3, -0.25) is 14.5 Å². The molecule has 3 aromatic carbocycles. The van der Waals surface area contributed by atoms with Crippen LogP contribution in [0.15, 0.2) is 60.2 Å². The van der Waals surface area contributed by atoms with E-state index in [1.54, 1.807) is 30.3 Å². The van der Waals surface area contributed by atoms with Crippen molar-refractivity contribution in [3.63, 3.8) is 0 Å². The Morgan fingerprint density at radius 3 is 2.55 bits per heavy atom. The van der Waals surface area contributed by atoms with Crippen LogP contribution >= 0.6 is 11.3 Å². The third-order valence-corrected chi connectivity index (χ3v) is 7.96. The zero-order chi connectivity index (χ0) is 28.0. The molecule has 1 unspecified atom stereocenters. The first-order chi connectivity index (χ1) is 19.4. The van der Waals surface area contributed by atoms with Crippen LogP contribution in [0.3, 0.4) is 0 Å². The molecule has 1 N–H and O–H groups in total. The third-order valence-electron chi connectivity index (χ3n) is 6.95. The number of nitrogens with zero attached hydrogens (tertiary/aromatic N) is 2. The van der Waals surface area contributed by atoms with E-state index in [0.29, 0.717) is 53.3 Å². The smallest absolute Gasteiger partial charge is 0.301 e. The van der Waals surface area contributed by atoms with Gasteiger partial charge in [-0.05, 0) is 73.4 Å². The number of Topliss-reactive ketones (excluding diaryl/α,β-unsaturated/α-hetero) is 1. The first-order valence-electron chi connectivity index (χ1n) is 13.2. The number of thiazole rings is 1. The fraction of sp³-hybridized carbons (Fsp3) is 0.258. The van der Waals surface area contributed by atoms with Crippen LogP contribution in [-0.4, -0.2) is 41.6 Å². The highest BCUT2D eigenvalue weighted by molar-refractivity contribution is 7.22. The Morgan fingerprint density at radius 1 is 1.05 bits per heavy atom. The Morgan fingerprint density at radius 2 is 1.80 bits per heavy atom. The van der Waals surface area contributed by atoms with Crippen molar-refractivity contribution < 1.29 is 28.9 Å². The molecule has 0 spiro atoms. The Hall–Kier alpha value is -4.37.